The smallest absolute Gasteiger partial charge is 0.306 e. The minimum absolute atomic E-state index is 0.152. The van der Waals surface area contributed by atoms with Crippen molar-refractivity contribution >= 4 is 5.97 Å². The normalized spacial score (nSPS) is 24.0. The van der Waals surface area contributed by atoms with E-state index in [-0.39, 0.29) is 23.6 Å². The topological polar surface area (TPSA) is 66.8 Å². The van der Waals surface area contributed by atoms with Crippen molar-refractivity contribution in [1.29, 1.82) is 0 Å². The molecular weight excluding hydrogens is 352 g/mol. The summed E-state index contributed by atoms with van der Waals surface area (Å²) in [4.78, 5) is 11.7. The van der Waals surface area contributed by atoms with Crippen LogP contribution in [0, 0.1) is 17.3 Å². The Morgan fingerprint density at radius 2 is 1.93 bits per heavy atom. The standard InChI is InChI=1S/C24H44O4/c1-5-7-8-11-20(25)15-13-19-14-16-22(26)21(19)12-9-10-17-24(3,4)18-23(27)28-6-2/h10,17,19-22,25-26H,5-9,11-16,18H2,1-4H3/t19-,20?,21+,22-/m0/s1. The van der Waals surface area contributed by atoms with Crippen LogP contribution in [0.3, 0.4) is 0 Å². The van der Waals surface area contributed by atoms with Gasteiger partial charge in [0.05, 0.1) is 25.2 Å². The van der Waals surface area contributed by atoms with Crippen LogP contribution in [0.2, 0.25) is 0 Å². The zero-order valence-electron chi connectivity index (χ0n) is 18.7. The van der Waals surface area contributed by atoms with Crippen molar-refractivity contribution in [2.24, 2.45) is 17.3 Å². The number of ether oxygens (including phenoxy) is 1. The molecule has 0 aliphatic heterocycles. The van der Waals surface area contributed by atoms with E-state index in [9.17, 15) is 15.0 Å². The largest absolute Gasteiger partial charge is 0.466 e. The molecule has 2 N–H and O–H groups in total. The van der Waals surface area contributed by atoms with Crippen molar-refractivity contribution in [3.05, 3.63) is 12.2 Å². The van der Waals surface area contributed by atoms with Gasteiger partial charge in [0.15, 0.2) is 0 Å². The Labute approximate surface area is 172 Å². The number of unbranched alkanes of at least 4 members (excludes halogenated alkanes) is 2. The third-order valence-corrected chi connectivity index (χ3v) is 6.09. The van der Waals surface area contributed by atoms with Crippen LogP contribution in [0.25, 0.3) is 0 Å². The molecule has 28 heavy (non-hydrogen) atoms. The predicted octanol–water partition coefficient (Wildman–Crippen LogP) is 5.41. The summed E-state index contributed by atoms with van der Waals surface area (Å²) in [6, 6.07) is 0. The molecule has 0 amide bonds. The number of carbonyl (C=O) groups excluding carboxylic acids is 1. The molecule has 1 unspecified atom stereocenters. The van der Waals surface area contributed by atoms with Gasteiger partial charge in [0.2, 0.25) is 0 Å². The zero-order valence-corrected chi connectivity index (χ0v) is 18.7. The fourth-order valence-corrected chi connectivity index (χ4v) is 4.43. The molecule has 4 atom stereocenters. The maximum Gasteiger partial charge on any atom is 0.306 e. The summed E-state index contributed by atoms with van der Waals surface area (Å²) < 4.78 is 5.04. The lowest BCUT2D eigenvalue weighted by molar-refractivity contribution is -0.144. The summed E-state index contributed by atoms with van der Waals surface area (Å²) in [5.74, 6) is 0.707. The van der Waals surface area contributed by atoms with E-state index < -0.39 is 0 Å². The number of aliphatic hydroxyl groups excluding tert-OH is 2. The Balaban J connectivity index is 2.38. The van der Waals surface area contributed by atoms with Crippen molar-refractivity contribution < 1.29 is 19.7 Å². The number of allylic oxidation sites excluding steroid dienone is 2. The number of esters is 1. The van der Waals surface area contributed by atoms with Crippen LogP contribution in [0.5, 0.6) is 0 Å². The molecule has 164 valence electrons. The van der Waals surface area contributed by atoms with Crippen LogP contribution in [0.4, 0.5) is 0 Å². The molecule has 0 saturated heterocycles. The van der Waals surface area contributed by atoms with Crippen LogP contribution in [0.15, 0.2) is 12.2 Å². The van der Waals surface area contributed by atoms with Gasteiger partial charge in [-0.2, -0.15) is 0 Å². The number of hydrogen-bond acceptors (Lipinski definition) is 4. The molecule has 0 radical (unpaired) electrons. The zero-order chi connectivity index (χ0) is 21.0. The highest BCUT2D eigenvalue weighted by molar-refractivity contribution is 5.70. The van der Waals surface area contributed by atoms with Crippen LogP contribution >= 0.6 is 0 Å². The average Bonchev–Trinajstić information content (AvgIpc) is 2.97. The summed E-state index contributed by atoms with van der Waals surface area (Å²) in [5, 5.41) is 20.6. The average molecular weight is 397 g/mol. The third-order valence-electron chi connectivity index (χ3n) is 6.09. The molecule has 4 nitrogen and oxygen atoms in total. The lowest BCUT2D eigenvalue weighted by Gasteiger charge is -2.23. The van der Waals surface area contributed by atoms with Crippen molar-refractivity contribution in [3.8, 4) is 0 Å². The Morgan fingerprint density at radius 1 is 1.18 bits per heavy atom. The molecule has 0 bridgehead atoms. The van der Waals surface area contributed by atoms with Gasteiger partial charge in [-0.3, -0.25) is 4.79 Å². The number of rotatable bonds is 14. The maximum atomic E-state index is 11.7. The Morgan fingerprint density at radius 3 is 2.61 bits per heavy atom. The highest BCUT2D eigenvalue weighted by Crippen LogP contribution is 2.39. The molecular formula is C24H44O4. The molecule has 1 fully saturated rings. The van der Waals surface area contributed by atoms with Crippen molar-refractivity contribution in [2.75, 3.05) is 6.61 Å². The van der Waals surface area contributed by atoms with Gasteiger partial charge in [0.25, 0.3) is 0 Å². The van der Waals surface area contributed by atoms with Crippen molar-refractivity contribution in [1.82, 2.24) is 0 Å². The van der Waals surface area contributed by atoms with E-state index in [1.165, 1.54) is 12.8 Å². The minimum atomic E-state index is -0.206. The van der Waals surface area contributed by atoms with Crippen molar-refractivity contribution in [2.45, 2.75) is 111 Å². The van der Waals surface area contributed by atoms with E-state index in [0.29, 0.717) is 24.9 Å². The van der Waals surface area contributed by atoms with Gasteiger partial charge in [-0.15, -0.1) is 0 Å². The fraction of sp³-hybridized carbons (Fsp3) is 0.875. The molecule has 0 aromatic carbocycles. The third kappa shape index (κ3) is 10.1. The second-order valence-corrected chi connectivity index (χ2v) is 9.25. The van der Waals surface area contributed by atoms with E-state index in [4.69, 9.17) is 4.74 Å². The lowest BCUT2D eigenvalue weighted by Crippen LogP contribution is -2.20. The molecule has 1 saturated carbocycles. The highest BCUT2D eigenvalue weighted by Gasteiger charge is 2.34. The van der Waals surface area contributed by atoms with Gasteiger partial charge in [-0.05, 0) is 69.1 Å². The highest BCUT2D eigenvalue weighted by atomic mass is 16.5. The van der Waals surface area contributed by atoms with E-state index in [0.717, 1.165) is 51.4 Å². The monoisotopic (exact) mass is 396 g/mol. The minimum Gasteiger partial charge on any atom is -0.466 e. The second-order valence-electron chi connectivity index (χ2n) is 9.25. The van der Waals surface area contributed by atoms with Gasteiger partial charge in [0, 0.05) is 0 Å². The first-order chi connectivity index (χ1) is 13.3. The molecule has 0 heterocycles. The van der Waals surface area contributed by atoms with Gasteiger partial charge in [-0.25, -0.2) is 0 Å². The molecule has 1 aliphatic carbocycles. The van der Waals surface area contributed by atoms with E-state index in [1.54, 1.807) is 0 Å². The summed E-state index contributed by atoms with van der Waals surface area (Å²) in [7, 11) is 0. The molecule has 0 aromatic heterocycles. The van der Waals surface area contributed by atoms with Crippen LogP contribution < -0.4 is 0 Å². The van der Waals surface area contributed by atoms with Crippen molar-refractivity contribution in [3.63, 3.8) is 0 Å². The Hall–Kier alpha value is -0.870. The summed E-state index contributed by atoms with van der Waals surface area (Å²) >= 11 is 0. The van der Waals surface area contributed by atoms with Gasteiger partial charge in [0.1, 0.15) is 0 Å². The van der Waals surface area contributed by atoms with E-state index in [1.807, 2.05) is 20.8 Å². The SMILES string of the molecule is CCCCCC(O)CC[C@H]1CC[C@H](O)[C@@H]1CCC=CC(C)(C)CC(=O)OCC. The van der Waals surface area contributed by atoms with Gasteiger partial charge in [-0.1, -0.05) is 52.2 Å². The summed E-state index contributed by atoms with van der Waals surface area (Å²) in [6.45, 7) is 8.53. The fourth-order valence-electron chi connectivity index (χ4n) is 4.43. The molecule has 4 heteroatoms. The Bertz CT molecular complexity index is 458. The first-order valence-corrected chi connectivity index (χ1v) is 11.5. The van der Waals surface area contributed by atoms with E-state index >= 15 is 0 Å². The maximum absolute atomic E-state index is 11.7. The quantitative estimate of drug-likeness (QED) is 0.234. The summed E-state index contributed by atoms with van der Waals surface area (Å²) in [6.07, 6.45) is 14.4. The van der Waals surface area contributed by atoms with E-state index in [2.05, 4.69) is 19.1 Å². The Kier molecular flexibility index (Phi) is 12.0. The lowest BCUT2D eigenvalue weighted by atomic mass is 9.85. The first-order valence-electron chi connectivity index (χ1n) is 11.5. The number of carbonyl (C=O) groups is 1. The van der Waals surface area contributed by atoms with Gasteiger partial charge >= 0.3 is 5.97 Å². The predicted molar refractivity (Wildman–Crippen MR) is 115 cm³/mol. The van der Waals surface area contributed by atoms with Crippen LogP contribution in [-0.2, 0) is 9.53 Å². The molecule has 0 spiro atoms. The summed E-state index contributed by atoms with van der Waals surface area (Å²) in [5.41, 5.74) is -0.206. The van der Waals surface area contributed by atoms with Crippen LogP contribution in [0.1, 0.15) is 98.3 Å². The molecule has 1 rings (SSSR count). The number of hydrogen-bond donors (Lipinski definition) is 2. The van der Waals surface area contributed by atoms with Gasteiger partial charge < -0.3 is 14.9 Å². The molecule has 0 aromatic rings. The van der Waals surface area contributed by atoms with Crippen LogP contribution in [-0.4, -0.2) is 35.0 Å². The number of aliphatic hydroxyl groups is 2. The second kappa shape index (κ2) is 13.4. The first kappa shape index (κ1) is 25.2. The molecule has 1 aliphatic rings.